The molecule has 0 radical (unpaired) electrons. The molecule has 20 heteroatoms. The summed E-state index contributed by atoms with van der Waals surface area (Å²) >= 11 is 3.01. The Hall–Kier alpha value is -4.04. The number of phosphoric ester groups is 1. The molecule has 5 aliphatic rings. The Morgan fingerprint density at radius 3 is 2.41 bits per heavy atom. The quantitative estimate of drug-likeness (QED) is 0.105. The minimum atomic E-state index is -5.17. The third-order valence-corrected chi connectivity index (χ3v) is 15.0. The number of carbonyl (C=O) groups excluding carboxylic acids is 5. The number of benzene rings is 2. The summed E-state index contributed by atoms with van der Waals surface area (Å²) in [5.41, 5.74) is -5.12. The summed E-state index contributed by atoms with van der Waals surface area (Å²) in [7, 11) is -5.17. The molecule has 346 valence electrons. The fourth-order valence-corrected chi connectivity index (χ4v) is 11.4. The van der Waals surface area contributed by atoms with Gasteiger partial charge in [-0.2, -0.15) is 0 Å². The summed E-state index contributed by atoms with van der Waals surface area (Å²) in [6.07, 6.45) is -2.88. The number of fused-ring (bicyclic) bond motifs is 7. The van der Waals surface area contributed by atoms with Crippen molar-refractivity contribution in [1.29, 1.82) is 0 Å². The van der Waals surface area contributed by atoms with Gasteiger partial charge in [0.25, 0.3) is 0 Å². The minimum Gasteiger partial charge on any atom is -0.392 e. The second-order valence-corrected chi connectivity index (χ2v) is 19.6. The van der Waals surface area contributed by atoms with Gasteiger partial charge in [0.05, 0.1) is 24.1 Å². The lowest BCUT2D eigenvalue weighted by atomic mass is 9.44. The lowest BCUT2D eigenvalue weighted by Gasteiger charge is -2.63. The van der Waals surface area contributed by atoms with Crippen LogP contribution in [0.1, 0.15) is 75.5 Å². The average Bonchev–Trinajstić information content (AvgIpc) is 3.75. The maximum Gasteiger partial charge on any atom is 0.470 e. The van der Waals surface area contributed by atoms with Crippen LogP contribution in [0.3, 0.4) is 0 Å². The van der Waals surface area contributed by atoms with Crippen molar-refractivity contribution in [2.24, 2.45) is 22.7 Å². The first-order valence-corrected chi connectivity index (χ1v) is 23.5. The van der Waals surface area contributed by atoms with E-state index in [4.69, 9.17) is 9.47 Å². The lowest BCUT2D eigenvalue weighted by Crippen LogP contribution is -2.70. The molecule has 12 atom stereocenters. The third kappa shape index (κ3) is 8.25. The number of aliphatic hydroxyl groups is 2. The number of alkyl halides is 3. The molecule has 16 nitrogen and oxygen atoms in total. The molecule has 64 heavy (non-hydrogen) atoms. The van der Waals surface area contributed by atoms with Crippen molar-refractivity contribution in [3.63, 3.8) is 0 Å². The predicted molar refractivity (Wildman–Crippen MR) is 228 cm³/mol. The van der Waals surface area contributed by atoms with E-state index in [9.17, 15) is 48.5 Å². The van der Waals surface area contributed by atoms with Gasteiger partial charge in [0.2, 0.25) is 17.7 Å². The van der Waals surface area contributed by atoms with Gasteiger partial charge in [-0.05, 0) is 87.3 Å². The molecule has 1 saturated heterocycles. The van der Waals surface area contributed by atoms with Crippen molar-refractivity contribution in [2.45, 2.75) is 108 Å². The number of hydrogen-bond acceptors (Lipinski definition) is 11. The normalized spacial score (nSPS) is 33.7. The van der Waals surface area contributed by atoms with Crippen molar-refractivity contribution < 1.29 is 71.3 Å². The maximum absolute atomic E-state index is 17.9. The Morgan fingerprint density at radius 2 is 1.72 bits per heavy atom. The van der Waals surface area contributed by atoms with Crippen LogP contribution in [0.4, 0.5) is 14.5 Å². The zero-order chi connectivity index (χ0) is 46.7. The zero-order valence-corrected chi connectivity index (χ0v) is 37.9. The van der Waals surface area contributed by atoms with Crippen molar-refractivity contribution in [1.82, 2.24) is 10.6 Å². The van der Waals surface area contributed by atoms with Crippen molar-refractivity contribution in [3.8, 4) is 0 Å². The topological polar surface area (TPSA) is 247 Å². The number of ketones is 2. The van der Waals surface area contributed by atoms with Gasteiger partial charge < -0.3 is 45.4 Å². The molecule has 3 amide bonds. The number of carbonyl (C=O) groups is 5. The Balaban J connectivity index is 1.11. The first kappa shape index (κ1) is 47.9. The largest absolute Gasteiger partial charge is 0.470 e. The number of aliphatic hydroxyl groups excluding tert-OH is 2. The molecule has 0 unspecified atom stereocenters. The zero-order valence-electron chi connectivity index (χ0n) is 35.4. The second kappa shape index (κ2) is 17.6. The smallest absolute Gasteiger partial charge is 0.392 e. The first-order chi connectivity index (χ1) is 30.0. The first-order valence-electron chi connectivity index (χ1n) is 20.8. The number of anilines is 1. The maximum atomic E-state index is 17.9. The number of halogens is 3. The molecule has 7 N–H and O–H groups in total. The van der Waals surface area contributed by atoms with E-state index >= 15 is 8.78 Å². The molecule has 1 aliphatic heterocycles. The number of phosphoric acid groups is 1. The van der Waals surface area contributed by atoms with Crippen LogP contribution < -0.4 is 16.0 Å². The van der Waals surface area contributed by atoms with E-state index in [0.717, 1.165) is 23.3 Å². The number of ether oxygens (including phenoxy) is 2. The number of rotatable bonds is 14. The molecule has 4 fully saturated rings. The SMILES string of the molecule is C[C@H](NC(=O)CBr)C(=O)N[C@@H](C)C(=O)Nc1ccc(Cc2cccc([C@@H]3O[C@@H]4C[C@H]5[C@@H]6C[C@H](F)C7=CC(=O)C=C[C@]7(C)[C@@]6(F)[C@@H](O)C[C@]5(C)[C@]4(C(=O)COP(=O)(O)O)O3)c2)cc1CO. The van der Waals surface area contributed by atoms with E-state index in [1.54, 1.807) is 43.3 Å². The molecule has 3 saturated carbocycles. The average molecular weight is 979 g/mol. The van der Waals surface area contributed by atoms with Gasteiger partial charge in [-0.3, -0.25) is 28.5 Å². The summed E-state index contributed by atoms with van der Waals surface area (Å²) in [5.74, 6) is -4.96. The van der Waals surface area contributed by atoms with E-state index in [2.05, 4.69) is 36.4 Å². The Labute approximate surface area is 375 Å². The van der Waals surface area contributed by atoms with Crippen LogP contribution in [-0.2, 0) is 55.6 Å². The number of allylic oxidation sites excluding steroid dienone is 4. The van der Waals surface area contributed by atoms with Crippen LogP contribution in [-0.4, -0.2) is 103 Å². The summed E-state index contributed by atoms with van der Waals surface area (Å²) in [4.78, 5) is 83.0. The lowest BCUT2D eigenvalue weighted by molar-refractivity contribution is -0.235. The molecule has 0 aromatic heterocycles. The fraction of sp³-hybridized carbons (Fsp3) is 0.523. The Kier molecular flexibility index (Phi) is 13.2. The molecule has 2 aromatic carbocycles. The van der Waals surface area contributed by atoms with Crippen molar-refractivity contribution in [3.05, 3.63) is 88.5 Å². The minimum absolute atomic E-state index is 0.00620. The van der Waals surface area contributed by atoms with Gasteiger partial charge in [-0.1, -0.05) is 65.3 Å². The number of amides is 3. The molecule has 7 rings (SSSR count). The number of hydrogen-bond donors (Lipinski definition) is 7. The standard InChI is InChI=1S/C44H51BrF2N3O13P/c1-22(48-37(55)19-45)38(56)49-23(2)39(57)50-33-9-8-25(14-27(33)20-51)12-24-6-5-7-26(13-24)40-62-36-17-29-30-16-32(46)31-15-28(52)10-11-41(31,3)43(30,47)34(53)18-42(29,4)44(36,63-40)35(54)21-61-64(58,59)60/h5-11,13-15,22-23,29-30,32,34,36,40,51,53H,12,16-21H2,1-4H3,(H,48,55)(H,49,56)(H,50,57)(H2,58,59,60)/t22-,23-,29-,30-,32-,34-,36+,40+,41-,42-,43-,44+/m0/s1. The molecule has 0 bridgehead atoms. The summed E-state index contributed by atoms with van der Waals surface area (Å²) in [5, 5.41) is 29.9. The molecule has 4 aliphatic carbocycles. The van der Waals surface area contributed by atoms with Crippen molar-refractivity contribution in [2.75, 3.05) is 17.3 Å². The Morgan fingerprint density at radius 1 is 1.02 bits per heavy atom. The van der Waals surface area contributed by atoms with E-state index < -0.39 is 127 Å². The molecule has 2 aromatic rings. The number of Topliss-reactive ketones (excluding diaryl/α,β-unsaturated/α-hetero) is 1. The van der Waals surface area contributed by atoms with Gasteiger partial charge in [0.1, 0.15) is 24.9 Å². The fourth-order valence-electron chi connectivity index (χ4n) is 10.9. The van der Waals surface area contributed by atoms with Crippen LogP contribution in [0.5, 0.6) is 0 Å². The third-order valence-electron chi connectivity index (χ3n) is 14.0. The van der Waals surface area contributed by atoms with Gasteiger partial charge in [-0.15, -0.1) is 0 Å². The van der Waals surface area contributed by atoms with Crippen LogP contribution in [0, 0.1) is 22.7 Å². The predicted octanol–water partition coefficient (Wildman–Crippen LogP) is 3.87. The highest BCUT2D eigenvalue weighted by molar-refractivity contribution is 9.09. The highest BCUT2D eigenvalue weighted by Crippen LogP contribution is 2.72. The van der Waals surface area contributed by atoms with Crippen LogP contribution in [0.25, 0.3) is 0 Å². The van der Waals surface area contributed by atoms with E-state index in [0.29, 0.717) is 23.2 Å². The molecule has 0 spiro atoms. The summed E-state index contributed by atoms with van der Waals surface area (Å²) in [6, 6.07) is 10.2. The highest BCUT2D eigenvalue weighted by atomic mass is 79.9. The summed E-state index contributed by atoms with van der Waals surface area (Å²) in [6.45, 7) is 4.48. The van der Waals surface area contributed by atoms with E-state index in [-0.39, 0.29) is 23.7 Å². The van der Waals surface area contributed by atoms with Crippen LogP contribution in [0.2, 0.25) is 0 Å². The van der Waals surface area contributed by atoms with Gasteiger partial charge in [-0.25, -0.2) is 13.3 Å². The molecular formula is C44H51BrF2N3O13P. The van der Waals surface area contributed by atoms with Gasteiger partial charge in [0.15, 0.2) is 29.1 Å². The number of nitrogens with one attached hydrogen (secondary N) is 3. The van der Waals surface area contributed by atoms with Crippen LogP contribution >= 0.6 is 23.8 Å². The van der Waals surface area contributed by atoms with Gasteiger partial charge >= 0.3 is 7.82 Å². The second-order valence-electron chi connectivity index (χ2n) is 17.8. The van der Waals surface area contributed by atoms with Crippen molar-refractivity contribution >= 4 is 58.7 Å². The Bertz CT molecular complexity index is 2360. The summed E-state index contributed by atoms with van der Waals surface area (Å²) < 4.78 is 63.7. The van der Waals surface area contributed by atoms with E-state index in [1.165, 1.54) is 26.8 Å². The van der Waals surface area contributed by atoms with E-state index in [1.807, 2.05) is 6.07 Å². The van der Waals surface area contributed by atoms with Gasteiger partial charge in [0, 0.05) is 33.6 Å². The monoisotopic (exact) mass is 977 g/mol. The molecular weight excluding hydrogens is 927 g/mol. The molecule has 1 heterocycles. The highest BCUT2D eigenvalue weighted by Gasteiger charge is 2.80. The van der Waals surface area contributed by atoms with Crippen LogP contribution in [0.15, 0.2) is 66.3 Å².